The Morgan fingerprint density at radius 1 is 1.39 bits per heavy atom. The van der Waals surface area contributed by atoms with E-state index in [1.165, 1.54) is 0 Å². The summed E-state index contributed by atoms with van der Waals surface area (Å²) in [5.41, 5.74) is 1.08. The van der Waals surface area contributed by atoms with Gasteiger partial charge < -0.3 is 10.1 Å². The van der Waals surface area contributed by atoms with Gasteiger partial charge in [-0.15, -0.1) is 0 Å². The Morgan fingerprint density at radius 3 is 2.61 bits per heavy atom. The number of nitrogens with zero attached hydrogens (tertiary/aromatic N) is 2. The van der Waals surface area contributed by atoms with Gasteiger partial charge in [0.15, 0.2) is 0 Å². The summed E-state index contributed by atoms with van der Waals surface area (Å²) in [5, 5.41) is 3.43. The summed E-state index contributed by atoms with van der Waals surface area (Å²) in [5.74, 6) is 1.45. The van der Waals surface area contributed by atoms with Crippen LogP contribution in [0.15, 0.2) is 6.20 Å². The van der Waals surface area contributed by atoms with Crippen molar-refractivity contribution in [1.82, 2.24) is 15.3 Å². The summed E-state index contributed by atoms with van der Waals surface area (Å²) >= 11 is 0. The minimum absolute atomic E-state index is 0.0680. The molecule has 0 amide bonds. The fourth-order valence-electron chi connectivity index (χ4n) is 1.33. The lowest BCUT2D eigenvalue weighted by Gasteiger charge is -2.22. The third-order valence-corrected chi connectivity index (χ3v) is 2.64. The number of aryl methyl sites for hydroxylation is 1. The van der Waals surface area contributed by atoms with E-state index in [0.29, 0.717) is 5.88 Å². The minimum atomic E-state index is 0.0680. The average Bonchev–Trinajstić information content (AvgIpc) is 2.26. The Bertz CT molecular complexity index is 385. The smallest absolute Gasteiger partial charge is 0.221 e. The molecule has 0 bridgehead atoms. The summed E-state index contributed by atoms with van der Waals surface area (Å²) in [4.78, 5) is 8.63. The van der Waals surface area contributed by atoms with Gasteiger partial charge in [0, 0.05) is 23.8 Å². The van der Waals surface area contributed by atoms with Crippen molar-refractivity contribution >= 4 is 0 Å². The van der Waals surface area contributed by atoms with E-state index in [-0.39, 0.29) is 11.6 Å². The molecule has 0 aliphatic rings. The zero-order valence-electron chi connectivity index (χ0n) is 12.4. The van der Waals surface area contributed by atoms with E-state index in [1.807, 2.05) is 13.1 Å². The van der Waals surface area contributed by atoms with E-state index in [1.54, 1.807) is 0 Å². The van der Waals surface area contributed by atoms with Crippen molar-refractivity contribution < 1.29 is 4.74 Å². The van der Waals surface area contributed by atoms with Gasteiger partial charge >= 0.3 is 0 Å². The lowest BCUT2D eigenvalue weighted by atomic mass is 10.1. The first-order valence-electron chi connectivity index (χ1n) is 6.56. The highest BCUT2D eigenvalue weighted by atomic mass is 16.5. The van der Waals surface area contributed by atoms with Crippen molar-refractivity contribution in [2.75, 3.05) is 0 Å². The largest absolute Gasteiger partial charge is 0.474 e. The number of hydrogen-bond acceptors (Lipinski definition) is 4. The Labute approximate surface area is 110 Å². The first-order valence-corrected chi connectivity index (χ1v) is 6.56. The third-order valence-electron chi connectivity index (χ3n) is 2.64. The van der Waals surface area contributed by atoms with Gasteiger partial charge in [0.05, 0.1) is 6.10 Å². The summed E-state index contributed by atoms with van der Waals surface area (Å²) in [6, 6.07) is 0. The Hall–Kier alpha value is -1.16. The average molecular weight is 251 g/mol. The summed E-state index contributed by atoms with van der Waals surface area (Å²) in [6.45, 7) is 13.2. The van der Waals surface area contributed by atoms with Gasteiger partial charge in [-0.3, -0.25) is 0 Å². The number of aromatic nitrogens is 2. The van der Waals surface area contributed by atoms with Crippen LogP contribution in [0.2, 0.25) is 0 Å². The molecule has 1 rings (SSSR count). The molecule has 0 saturated carbocycles. The highest BCUT2D eigenvalue weighted by Gasteiger charge is 2.14. The van der Waals surface area contributed by atoms with Crippen LogP contribution < -0.4 is 10.1 Å². The van der Waals surface area contributed by atoms with E-state index >= 15 is 0 Å². The zero-order valence-corrected chi connectivity index (χ0v) is 12.4. The predicted octanol–water partition coefficient (Wildman–Crippen LogP) is 2.85. The van der Waals surface area contributed by atoms with Crippen molar-refractivity contribution in [1.29, 1.82) is 0 Å². The van der Waals surface area contributed by atoms with Gasteiger partial charge in [0.1, 0.15) is 5.82 Å². The van der Waals surface area contributed by atoms with Gasteiger partial charge in [-0.05, 0) is 41.0 Å². The van der Waals surface area contributed by atoms with Crippen molar-refractivity contribution in [2.45, 2.75) is 66.2 Å². The molecule has 0 aliphatic carbocycles. The maximum atomic E-state index is 5.85. The van der Waals surface area contributed by atoms with Crippen LogP contribution in [-0.2, 0) is 6.54 Å². The second kappa shape index (κ2) is 6.14. The Kier molecular flexibility index (Phi) is 5.08. The maximum absolute atomic E-state index is 5.85. The molecular weight excluding hydrogens is 226 g/mol. The van der Waals surface area contributed by atoms with Gasteiger partial charge in [-0.1, -0.05) is 6.92 Å². The third kappa shape index (κ3) is 5.00. The second-order valence-corrected chi connectivity index (χ2v) is 5.69. The van der Waals surface area contributed by atoms with Gasteiger partial charge in [-0.25, -0.2) is 4.98 Å². The maximum Gasteiger partial charge on any atom is 0.221 e. The first-order chi connectivity index (χ1) is 8.31. The van der Waals surface area contributed by atoms with Gasteiger partial charge in [-0.2, -0.15) is 4.98 Å². The standard InChI is InChI=1S/C14H25N3O/c1-7-10(2)18-13-12(8-15-11(3)17-13)9-16-14(4,5)6/h8,10,16H,7,9H2,1-6H3. The topological polar surface area (TPSA) is 47.0 Å². The van der Waals surface area contributed by atoms with Crippen molar-refractivity contribution in [3.8, 4) is 5.88 Å². The summed E-state index contributed by atoms with van der Waals surface area (Å²) in [6.07, 6.45) is 2.99. The van der Waals surface area contributed by atoms with Crippen molar-refractivity contribution in [3.05, 3.63) is 17.6 Å². The zero-order chi connectivity index (χ0) is 13.8. The van der Waals surface area contributed by atoms with Crippen LogP contribution in [0.3, 0.4) is 0 Å². The fraction of sp³-hybridized carbons (Fsp3) is 0.714. The lowest BCUT2D eigenvalue weighted by Crippen LogP contribution is -2.35. The number of ether oxygens (including phenoxy) is 1. The van der Waals surface area contributed by atoms with E-state index in [0.717, 1.165) is 24.4 Å². The molecule has 0 aromatic carbocycles. The molecule has 0 radical (unpaired) electrons. The van der Waals surface area contributed by atoms with Crippen LogP contribution in [0.1, 0.15) is 52.4 Å². The van der Waals surface area contributed by atoms with Crippen LogP contribution in [0.5, 0.6) is 5.88 Å². The van der Waals surface area contributed by atoms with Crippen LogP contribution in [0.25, 0.3) is 0 Å². The number of nitrogens with one attached hydrogen (secondary N) is 1. The Balaban J connectivity index is 2.82. The summed E-state index contributed by atoms with van der Waals surface area (Å²) < 4.78 is 5.85. The number of rotatable bonds is 5. The molecule has 4 heteroatoms. The molecule has 0 aliphatic heterocycles. The molecule has 1 unspecified atom stereocenters. The molecule has 18 heavy (non-hydrogen) atoms. The highest BCUT2D eigenvalue weighted by molar-refractivity contribution is 5.24. The van der Waals surface area contributed by atoms with Crippen molar-refractivity contribution in [2.24, 2.45) is 0 Å². The highest BCUT2D eigenvalue weighted by Crippen LogP contribution is 2.17. The molecule has 102 valence electrons. The van der Waals surface area contributed by atoms with Crippen LogP contribution in [-0.4, -0.2) is 21.6 Å². The molecule has 1 atom stereocenters. The van der Waals surface area contributed by atoms with Gasteiger partial charge in [0.25, 0.3) is 0 Å². The quantitative estimate of drug-likeness (QED) is 0.874. The Morgan fingerprint density at radius 2 is 2.06 bits per heavy atom. The SMILES string of the molecule is CCC(C)Oc1nc(C)ncc1CNC(C)(C)C. The molecule has 1 N–H and O–H groups in total. The minimum Gasteiger partial charge on any atom is -0.474 e. The molecule has 1 heterocycles. The molecule has 4 nitrogen and oxygen atoms in total. The molecule has 1 aromatic rings. The molecular formula is C14H25N3O. The van der Waals surface area contributed by atoms with Crippen molar-refractivity contribution in [3.63, 3.8) is 0 Å². The van der Waals surface area contributed by atoms with Crippen LogP contribution in [0.4, 0.5) is 0 Å². The van der Waals surface area contributed by atoms with E-state index < -0.39 is 0 Å². The lowest BCUT2D eigenvalue weighted by molar-refractivity contribution is 0.204. The summed E-state index contributed by atoms with van der Waals surface area (Å²) in [7, 11) is 0. The van der Waals surface area contributed by atoms with E-state index in [9.17, 15) is 0 Å². The number of hydrogen-bond donors (Lipinski definition) is 1. The second-order valence-electron chi connectivity index (χ2n) is 5.69. The molecule has 0 spiro atoms. The van der Waals surface area contributed by atoms with Gasteiger partial charge in [0.2, 0.25) is 5.88 Å². The molecule has 0 saturated heterocycles. The monoisotopic (exact) mass is 251 g/mol. The van der Waals surface area contributed by atoms with Crippen LogP contribution >= 0.6 is 0 Å². The molecule has 1 aromatic heterocycles. The van der Waals surface area contributed by atoms with Crippen LogP contribution in [0, 0.1) is 6.92 Å². The fourth-order valence-corrected chi connectivity index (χ4v) is 1.33. The predicted molar refractivity (Wildman–Crippen MR) is 73.7 cm³/mol. The van der Waals surface area contributed by atoms with E-state index in [2.05, 4.69) is 49.9 Å². The molecule has 0 fully saturated rings. The normalized spacial score (nSPS) is 13.4. The first kappa shape index (κ1) is 14.9. The van der Waals surface area contributed by atoms with E-state index in [4.69, 9.17) is 4.74 Å².